The highest BCUT2D eigenvalue weighted by Gasteiger charge is 2.52. The Bertz CT molecular complexity index is 990. The van der Waals surface area contributed by atoms with Gasteiger partial charge in [0.2, 0.25) is 5.91 Å². The molecule has 0 spiro atoms. The molecule has 4 amide bonds. The number of hydrogen-bond acceptors (Lipinski definition) is 3. The summed E-state index contributed by atoms with van der Waals surface area (Å²) in [7, 11) is 0. The highest BCUT2D eigenvalue weighted by atomic mass is 19.1. The van der Waals surface area contributed by atoms with Crippen LogP contribution >= 0.6 is 0 Å². The molecule has 1 heterocycles. The van der Waals surface area contributed by atoms with E-state index >= 15 is 0 Å². The van der Waals surface area contributed by atoms with Crippen molar-refractivity contribution in [2.45, 2.75) is 52.0 Å². The first-order chi connectivity index (χ1) is 14.8. The van der Waals surface area contributed by atoms with Crippen LogP contribution in [0, 0.1) is 12.7 Å². The highest BCUT2D eigenvalue weighted by Crippen LogP contribution is 2.34. The van der Waals surface area contributed by atoms with E-state index in [1.807, 2.05) is 39.0 Å². The third-order valence-electron chi connectivity index (χ3n) is 5.72. The van der Waals surface area contributed by atoms with Crippen LogP contribution in [0.15, 0.2) is 42.5 Å². The van der Waals surface area contributed by atoms with Crippen molar-refractivity contribution in [2.75, 3.05) is 11.9 Å². The van der Waals surface area contributed by atoms with Gasteiger partial charge in [0.15, 0.2) is 0 Å². The number of nitrogens with zero attached hydrogens (tertiary/aromatic N) is 1. The molecule has 0 aromatic heterocycles. The van der Waals surface area contributed by atoms with Crippen molar-refractivity contribution in [1.29, 1.82) is 0 Å². The molecule has 0 saturated carbocycles. The Morgan fingerprint density at radius 1 is 1.13 bits per heavy atom. The molecule has 0 radical (unpaired) electrons. The summed E-state index contributed by atoms with van der Waals surface area (Å²) in [6.45, 7) is 5.48. The summed E-state index contributed by atoms with van der Waals surface area (Å²) in [6, 6.07) is 10.7. The molecule has 3 rings (SSSR count). The van der Waals surface area contributed by atoms with Gasteiger partial charge in [-0.15, -0.1) is 0 Å². The van der Waals surface area contributed by atoms with E-state index in [1.165, 1.54) is 24.3 Å². The maximum absolute atomic E-state index is 13.4. The van der Waals surface area contributed by atoms with E-state index in [1.54, 1.807) is 0 Å². The Morgan fingerprint density at radius 3 is 2.48 bits per heavy atom. The van der Waals surface area contributed by atoms with Crippen molar-refractivity contribution in [1.82, 2.24) is 10.2 Å². The van der Waals surface area contributed by atoms with Crippen LogP contribution in [0.25, 0.3) is 0 Å². The number of hydrogen-bond donors (Lipinski definition) is 2. The number of para-hydroxylation sites is 1. The normalized spacial score (nSPS) is 18.3. The minimum atomic E-state index is -1.29. The lowest BCUT2D eigenvalue weighted by atomic mass is 9.85. The molecule has 0 unspecified atom stereocenters. The summed E-state index contributed by atoms with van der Waals surface area (Å²) >= 11 is 0. The van der Waals surface area contributed by atoms with Crippen LogP contribution in [-0.4, -0.2) is 29.3 Å². The second kappa shape index (κ2) is 9.29. The number of carbonyl (C=O) groups is 3. The van der Waals surface area contributed by atoms with E-state index in [2.05, 4.69) is 10.6 Å². The standard InChI is InChI=1S/C24H28FN3O3/c1-4-6-14-24(18-10-12-19(25)13-11-18)22(30)28(23(31)27-24)15-20(29)26-21-16(3)8-7-9-17(21)5-2/h7-13H,4-6,14-15H2,1-3H3,(H,26,29)(H,27,31)/t24-/m1/s1. The number of carbonyl (C=O) groups excluding carboxylic acids is 3. The van der Waals surface area contributed by atoms with Crippen molar-refractivity contribution in [3.05, 3.63) is 65.0 Å². The molecule has 0 aliphatic carbocycles. The quantitative estimate of drug-likeness (QED) is 0.620. The fourth-order valence-electron chi connectivity index (χ4n) is 3.98. The van der Waals surface area contributed by atoms with Gasteiger partial charge in [0.1, 0.15) is 17.9 Å². The smallest absolute Gasteiger partial charge is 0.324 e. The zero-order valence-corrected chi connectivity index (χ0v) is 18.1. The van der Waals surface area contributed by atoms with Gasteiger partial charge in [-0.25, -0.2) is 9.18 Å². The SMILES string of the molecule is CCCC[C@]1(c2ccc(F)cc2)NC(=O)N(CC(=O)Nc2c(C)cccc2CC)C1=O. The zero-order valence-electron chi connectivity index (χ0n) is 18.1. The van der Waals surface area contributed by atoms with E-state index in [0.717, 1.165) is 28.9 Å². The highest BCUT2D eigenvalue weighted by molar-refractivity contribution is 6.10. The summed E-state index contributed by atoms with van der Waals surface area (Å²) in [6.07, 6.45) is 2.62. The fourth-order valence-corrected chi connectivity index (χ4v) is 3.98. The predicted molar refractivity (Wildman–Crippen MR) is 117 cm³/mol. The average molecular weight is 426 g/mol. The topological polar surface area (TPSA) is 78.5 Å². The number of imide groups is 1. The molecule has 1 aliphatic rings. The number of urea groups is 1. The summed E-state index contributed by atoms with van der Waals surface area (Å²) in [5.74, 6) is -1.36. The lowest BCUT2D eigenvalue weighted by molar-refractivity contribution is -0.134. The van der Waals surface area contributed by atoms with Crippen LogP contribution in [0.2, 0.25) is 0 Å². The second-order valence-electron chi connectivity index (χ2n) is 7.85. The first-order valence-corrected chi connectivity index (χ1v) is 10.6. The van der Waals surface area contributed by atoms with E-state index in [4.69, 9.17) is 0 Å². The third kappa shape index (κ3) is 4.45. The predicted octanol–water partition coefficient (Wildman–Crippen LogP) is 4.27. The van der Waals surface area contributed by atoms with Crippen LogP contribution in [0.5, 0.6) is 0 Å². The van der Waals surface area contributed by atoms with Crippen LogP contribution < -0.4 is 10.6 Å². The van der Waals surface area contributed by atoms with Gasteiger partial charge >= 0.3 is 6.03 Å². The lowest BCUT2D eigenvalue weighted by Gasteiger charge is -2.27. The Kier molecular flexibility index (Phi) is 6.73. The largest absolute Gasteiger partial charge is 0.325 e. The van der Waals surface area contributed by atoms with E-state index < -0.39 is 35.7 Å². The maximum atomic E-state index is 13.4. The molecular formula is C24H28FN3O3. The minimum Gasteiger partial charge on any atom is -0.324 e. The first-order valence-electron chi connectivity index (χ1n) is 10.6. The molecule has 7 heteroatoms. The van der Waals surface area contributed by atoms with Crippen LogP contribution in [0.1, 0.15) is 49.8 Å². The molecule has 1 atom stereocenters. The molecule has 2 aromatic rings. The van der Waals surface area contributed by atoms with Crippen LogP contribution in [0.3, 0.4) is 0 Å². The van der Waals surface area contributed by atoms with Gasteiger partial charge in [0.05, 0.1) is 0 Å². The molecule has 1 aliphatic heterocycles. The lowest BCUT2D eigenvalue weighted by Crippen LogP contribution is -2.44. The molecule has 1 fully saturated rings. The Hall–Kier alpha value is -3.22. The molecule has 164 valence electrons. The number of rotatable bonds is 8. The number of benzene rings is 2. The van der Waals surface area contributed by atoms with Crippen molar-refractivity contribution < 1.29 is 18.8 Å². The van der Waals surface area contributed by atoms with Crippen LogP contribution in [-0.2, 0) is 21.5 Å². The average Bonchev–Trinajstić information content (AvgIpc) is 2.99. The molecular weight excluding hydrogens is 397 g/mol. The summed E-state index contributed by atoms with van der Waals surface area (Å²) in [4.78, 5) is 39.8. The number of nitrogens with one attached hydrogen (secondary N) is 2. The van der Waals surface area contributed by atoms with Gasteiger partial charge in [-0.2, -0.15) is 0 Å². The van der Waals surface area contributed by atoms with Gasteiger partial charge in [-0.3, -0.25) is 14.5 Å². The van der Waals surface area contributed by atoms with Gasteiger partial charge in [0, 0.05) is 5.69 Å². The second-order valence-corrected chi connectivity index (χ2v) is 7.85. The monoisotopic (exact) mass is 425 g/mol. The van der Waals surface area contributed by atoms with Crippen molar-refractivity contribution >= 4 is 23.5 Å². The molecule has 0 bridgehead atoms. The Labute approximate surface area is 181 Å². The zero-order chi connectivity index (χ0) is 22.6. The van der Waals surface area contributed by atoms with E-state index in [9.17, 15) is 18.8 Å². The molecule has 2 aromatic carbocycles. The van der Waals surface area contributed by atoms with Crippen molar-refractivity contribution in [3.8, 4) is 0 Å². The van der Waals surface area contributed by atoms with Crippen molar-refractivity contribution in [3.63, 3.8) is 0 Å². The first kappa shape index (κ1) is 22.5. The number of amides is 4. The summed E-state index contributed by atoms with van der Waals surface area (Å²) < 4.78 is 13.4. The number of unbranched alkanes of at least 4 members (excludes halogenated alkanes) is 1. The minimum absolute atomic E-state index is 0.371. The summed E-state index contributed by atoms with van der Waals surface area (Å²) in [5.41, 5.74) is 1.81. The maximum Gasteiger partial charge on any atom is 0.325 e. The van der Waals surface area contributed by atoms with Gasteiger partial charge in [-0.05, 0) is 48.6 Å². The molecule has 1 saturated heterocycles. The van der Waals surface area contributed by atoms with Crippen LogP contribution in [0.4, 0.5) is 14.9 Å². The Balaban J connectivity index is 1.84. The summed E-state index contributed by atoms with van der Waals surface area (Å²) in [5, 5.41) is 5.63. The Morgan fingerprint density at radius 2 is 1.84 bits per heavy atom. The number of anilines is 1. The molecule has 31 heavy (non-hydrogen) atoms. The molecule has 6 nitrogen and oxygen atoms in total. The fraction of sp³-hybridized carbons (Fsp3) is 0.375. The third-order valence-corrected chi connectivity index (χ3v) is 5.72. The van der Waals surface area contributed by atoms with Gasteiger partial charge in [0.25, 0.3) is 5.91 Å². The number of aryl methyl sites for hydroxylation is 2. The molecule has 2 N–H and O–H groups in total. The van der Waals surface area contributed by atoms with E-state index in [-0.39, 0.29) is 0 Å². The van der Waals surface area contributed by atoms with E-state index in [0.29, 0.717) is 24.1 Å². The van der Waals surface area contributed by atoms with Gasteiger partial charge in [-0.1, -0.05) is 57.0 Å². The van der Waals surface area contributed by atoms with Gasteiger partial charge < -0.3 is 10.6 Å². The van der Waals surface area contributed by atoms with Crippen molar-refractivity contribution in [2.24, 2.45) is 0 Å². The number of halogens is 1.